The number of aryl methyl sites for hydroxylation is 1. The number of H-pyrrole nitrogens is 1. The Hall–Kier alpha value is -3.68. The molecule has 0 fully saturated rings. The van der Waals surface area contributed by atoms with Crippen molar-refractivity contribution in [1.82, 2.24) is 15.5 Å². The van der Waals surface area contributed by atoms with Crippen molar-refractivity contribution in [3.8, 4) is 17.2 Å². The van der Waals surface area contributed by atoms with Gasteiger partial charge in [0.15, 0.2) is 17.5 Å². The summed E-state index contributed by atoms with van der Waals surface area (Å²) in [5, 5.41) is 13.7. The molecule has 3 N–H and O–H groups in total. The Labute approximate surface area is 188 Å². The summed E-state index contributed by atoms with van der Waals surface area (Å²) < 4.78 is 17.0. The molecule has 8 heteroatoms. The summed E-state index contributed by atoms with van der Waals surface area (Å²) in [6, 6.07) is 14.0. The largest absolute Gasteiger partial charge is 0.496 e. The molecule has 0 saturated carbocycles. The summed E-state index contributed by atoms with van der Waals surface area (Å²) in [4.78, 5) is 4.70. The van der Waals surface area contributed by atoms with Crippen LogP contribution in [0.1, 0.15) is 23.2 Å². The molecule has 1 aliphatic rings. The summed E-state index contributed by atoms with van der Waals surface area (Å²) in [5.74, 6) is 3.07. The van der Waals surface area contributed by atoms with E-state index in [0.717, 1.165) is 47.0 Å². The predicted octanol–water partition coefficient (Wildman–Crippen LogP) is 3.69. The van der Waals surface area contributed by atoms with Crippen LogP contribution in [0.3, 0.4) is 0 Å². The van der Waals surface area contributed by atoms with E-state index in [4.69, 9.17) is 19.2 Å². The van der Waals surface area contributed by atoms with Gasteiger partial charge in [-0.15, -0.1) is 0 Å². The SMILES string of the molecule is COc1ccc(C)cc1CCNC(=NCc1ccn[nH]1)Nc1ccc2c(c1)OCCCO2. The third-order valence-electron chi connectivity index (χ3n) is 5.10. The van der Waals surface area contributed by atoms with Crippen LogP contribution in [0.25, 0.3) is 0 Å². The van der Waals surface area contributed by atoms with Crippen molar-refractivity contribution < 1.29 is 14.2 Å². The monoisotopic (exact) mass is 435 g/mol. The maximum Gasteiger partial charge on any atom is 0.196 e. The predicted molar refractivity (Wildman–Crippen MR) is 125 cm³/mol. The molecule has 168 valence electrons. The number of guanidine groups is 1. The summed E-state index contributed by atoms with van der Waals surface area (Å²) in [6.07, 6.45) is 3.40. The van der Waals surface area contributed by atoms with Crippen molar-refractivity contribution in [2.75, 3.05) is 32.2 Å². The molecule has 0 aliphatic carbocycles. The van der Waals surface area contributed by atoms with E-state index >= 15 is 0 Å². The lowest BCUT2D eigenvalue weighted by atomic mass is 10.1. The third-order valence-corrected chi connectivity index (χ3v) is 5.10. The van der Waals surface area contributed by atoms with Crippen molar-refractivity contribution in [3.05, 3.63) is 65.5 Å². The summed E-state index contributed by atoms with van der Waals surface area (Å²) >= 11 is 0. The zero-order valence-corrected chi connectivity index (χ0v) is 18.5. The second-order valence-electron chi connectivity index (χ2n) is 7.58. The number of aliphatic imine (C=N–C) groups is 1. The van der Waals surface area contributed by atoms with E-state index < -0.39 is 0 Å². The first-order valence-electron chi connectivity index (χ1n) is 10.8. The van der Waals surface area contributed by atoms with Crippen molar-refractivity contribution in [2.24, 2.45) is 4.99 Å². The number of fused-ring (bicyclic) bond motifs is 1. The fourth-order valence-electron chi connectivity index (χ4n) is 3.47. The van der Waals surface area contributed by atoms with E-state index in [0.29, 0.717) is 32.3 Å². The molecule has 1 aromatic heterocycles. The van der Waals surface area contributed by atoms with Crippen LogP contribution in [-0.4, -0.2) is 43.0 Å². The highest BCUT2D eigenvalue weighted by molar-refractivity contribution is 5.94. The molecule has 0 bridgehead atoms. The summed E-state index contributed by atoms with van der Waals surface area (Å²) in [6.45, 7) is 4.57. The van der Waals surface area contributed by atoms with Crippen LogP contribution in [0.2, 0.25) is 0 Å². The fraction of sp³-hybridized carbons (Fsp3) is 0.333. The number of rotatable bonds is 7. The Balaban J connectivity index is 1.46. The standard InChI is InChI=1S/C24H29N5O3/c1-17-4-6-21(30-2)18(14-17)8-10-25-24(26-16-20-9-11-27-29-20)28-19-5-7-22-23(15-19)32-13-3-12-31-22/h4-7,9,11,14-15H,3,8,10,12-13,16H2,1-2H3,(H,27,29)(H2,25,26,28). The van der Waals surface area contributed by atoms with Crippen LogP contribution in [0, 0.1) is 6.92 Å². The molecule has 0 atom stereocenters. The van der Waals surface area contributed by atoms with Gasteiger partial charge in [0.1, 0.15) is 5.75 Å². The third kappa shape index (κ3) is 5.72. The van der Waals surface area contributed by atoms with Gasteiger partial charge in [-0.2, -0.15) is 5.10 Å². The summed E-state index contributed by atoms with van der Waals surface area (Å²) in [7, 11) is 1.70. The lowest BCUT2D eigenvalue weighted by Crippen LogP contribution is -2.32. The van der Waals surface area contributed by atoms with Gasteiger partial charge in [0.25, 0.3) is 0 Å². The lowest BCUT2D eigenvalue weighted by Gasteiger charge is -2.15. The molecule has 0 unspecified atom stereocenters. The number of nitrogens with zero attached hydrogens (tertiary/aromatic N) is 2. The van der Waals surface area contributed by atoms with Crippen LogP contribution in [-0.2, 0) is 13.0 Å². The van der Waals surface area contributed by atoms with Crippen LogP contribution >= 0.6 is 0 Å². The van der Waals surface area contributed by atoms with Crippen LogP contribution in [0.5, 0.6) is 17.2 Å². The lowest BCUT2D eigenvalue weighted by molar-refractivity contribution is 0.297. The van der Waals surface area contributed by atoms with Gasteiger partial charge in [0.05, 0.1) is 32.6 Å². The van der Waals surface area contributed by atoms with Gasteiger partial charge < -0.3 is 24.8 Å². The highest BCUT2D eigenvalue weighted by Crippen LogP contribution is 2.32. The molecule has 2 heterocycles. The molecule has 0 amide bonds. The van der Waals surface area contributed by atoms with Gasteiger partial charge in [0.2, 0.25) is 0 Å². The van der Waals surface area contributed by atoms with E-state index in [2.05, 4.69) is 39.9 Å². The first kappa shape index (κ1) is 21.5. The molecule has 0 saturated heterocycles. The van der Waals surface area contributed by atoms with Crippen molar-refractivity contribution in [3.63, 3.8) is 0 Å². The zero-order valence-electron chi connectivity index (χ0n) is 18.5. The van der Waals surface area contributed by atoms with Gasteiger partial charge in [-0.25, -0.2) is 4.99 Å². The Morgan fingerprint density at radius 2 is 2.00 bits per heavy atom. The maximum absolute atomic E-state index is 5.81. The minimum Gasteiger partial charge on any atom is -0.496 e. The average molecular weight is 436 g/mol. The normalized spacial score (nSPS) is 13.4. The highest BCUT2D eigenvalue weighted by atomic mass is 16.5. The number of anilines is 1. The molecule has 0 spiro atoms. The van der Waals surface area contributed by atoms with Gasteiger partial charge in [-0.1, -0.05) is 17.7 Å². The van der Waals surface area contributed by atoms with Gasteiger partial charge in [-0.3, -0.25) is 5.10 Å². The van der Waals surface area contributed by atoms with Crippen LogP contribution < -0.4 is 24.8 Å². The quantitative estimate of drug-likeness (QED) is 0.387. The number of hydrogen-bond acceptors (Lipinski definition) is 5. The second kappa shape index (κ2) is 10.6. The number of benzene rings is 2. The number of aromatic nitrogens is 2. The van der Waals surface area contributed by atoms with E-state index in [1.54, 1.807) is 13.3 Å². The number of methoxy groups -OCH3 is 1. The molecule has 3 aromatic rings. The Kier molecular flexibility index (Phi) is 7.12. The molecule has 0 radical (unpaired) electrons. The van der Waals surface area contributed by atoms with E-state index in [1.165, 1.54) is 5.56 Å². The van der Waals surface area contributed by atoms with Gasteiger partial charge in [0, 0.05) is 30.9 Å². The number of nitrogens with one attached hydrogen (secondary N) is 3. The number of ether oxygens (including phenoxy) is 3. The molecular formula is C24H29N5O3. The molecule has 2 aromatic carbocycles. The smallest absolute Gasteiger partial charge is 0.196 e. The molecule has 1 aliphatic heterocycles. The Morgan fingerprint density at radius 3 is 2.81 bits per heavy atom. The first-order chi connectivity index (χ1) is 15.7. The van der Waals surface area contributed by atoms with E-state index in [9.17, 15) is 0 Å². The zero-order chi connectivity index (χ0) is 22.2. The molecular weight excluding hydrogens is 406 g/mol. The molecule has 4 rings (SSSR count). The van der Waals surface area contributed by atoms with Crippen molar-refractivity contribution >= 4 is 11.6 Å². The fourth-order valence-corrected chi connectivity index (χ4v) is 3.47. The highest BCUT2D eigenvalue weighted by Gasteiger charge is 2.12. The van der Waals surface area contributed by atoms with Crippen LogP contribution in [0.15, 0.2) is 53.7 Å². The maximum atomic E-state index is 5.81. The van der Waals surface area contributed by atoms with Crippen molar-refractivity contribution in [1.29, 1.82) is 0 Å². The van der Waals surface area contributed by atoms with Gasteiger partial charge in [-0.05, 0) is 43.2 Å². The van der Waals surface area contributed by atoms with Crippen LogP contribution in [0.4, 0.5) is 5.69 Å². The minimum atomic E-state index is 0.480. The Morgan fingerprint density at radius 1 is 1.12 bits per heavy atom. The number of aromatic amines is 1. The topological polar surface area (TPSA) is 92.8 Å². The molecule has 8 nitrogen and oxygen atoms in total. The first-order valence-corrected chi connectivity index (χ1v) is 10.8. The average Bonchev–Trinajstić information content (AvgIpc) is 3.21. The van der Waals surface area contributed by atoms with Gasteiger partial charge >= 0.3 is 0 Å². The Bertz CT molecular complexity index is 1050. The number of hydrogen-bond donors (Lipinski definition) is 3. The van der Waals surface area contributed by atoms with Crippen molar-refractivity contribution in [2.45, 2.75) is 26.3 Å². The van der Waals surface area contributed by atoms with E-state index in [-0.39, 0.29) is 0 Å². The second-order valence-corrected chi connectivity index (χ2v) is 7.58. The molecule has 32 heavy (non-hydrogen) atoms. The minimum absolute atomic E-state index is 0.480. The summed E-state index contributed by atoms with van der Waals surface area (Å²) in [5.41, 5.74) is 4.17. The van der Waals surface area contributed by atoms with E-state index in [1.807, 2.05) is 30.3 Å².